The van der Waals surface area contributed by atoms with Crippen LogP contribution in [0.15, 0.2) is 24.3 Å². The Bertz CT molecular complexity index is 406. The Kier molecular flexibility index (Phi) is 7.73. The normalized spacial score (nSPS) is 11.9. The van der Waals surface area contributed by atoms with E-state index in [2.05, 4.69) is 18.3 Å². The lowest BCUT2D eigenvalue weighted by Crippen LogP contribution is -2.39. The van der Waals surface area contributed by atoms with Crippen LogP contribution < -0.4 is 10.1 Å². The molecule has 1 aromatic rings. The van der Waals surface area contributed by atoms with E-state index in [-0.39, 0.29) is 12.0 Å². The Labute approximate surface area is 121 Å². The fourth-order valence-electron chi connectivity index (χ4n) is 2.05. The molecule has 0 spiro atoms. The molecule has 0 aliphatic carbocycles. The molecule has 4 nitrogen and oxygen atoms in total. The van der Waals surface area contributed by atoms with E-state index in [9.17, 15) is 4.79 Å². The SMILES string of the molecule is CCCC(NCCc1cccc(OC)c1)C(=O)OCC. The molecule has 0 radical (unpaired) electrons. The van der Waals surface area contributed by atoms with Gasteiger partial charge in [-0.2, -0.15) is 0 Å². The maximum atomic E-state index is 11.8. The van der Waals surface area contributed by atoms with E-state index in [1.165, 1.54) is 5.56 Å². The fraction of sp³-hybridized carbons (Fsp3) is 0.562. The van der Waals surface area contributed by atoms with Crippen LogP contribution in [0.2, 0.25) is 0 Å². The summed E-state index contributed by atoms with van der Waals surface area (Å²) in [5, 5.41) is 3.28. The lowest BCUT2D eigenvalue weighted by atomic mass is 10.1. The van der Waals surface area contributed by atoms with Crippen LogP contribution in [0, 0.1) is 0 Å². The van der Waals surface area contributed by atoms with Crippen molar-refractivity contribution in [2.24, 2.45) is 0 Å². The molecular formula is C16H25NO3. The number of hydrogen-bond donors (Lipinski definition) is 1. The Hall–Kier alpha value is -1.55. The van der Waals surface area contributed by atoms with Crippen molar-refractivity contribution in [1.29, 1.82) is 0 Å². The van der Waals surface area contributed by atoms with Crippen LogP contribution in [-0.2, 0) is 16.0 Å². The van der Waals surface area contributed by atoms with Crippen molar-refractivity contribution in [3.8, 4) is 5.75 Å². The Morgan fingerprint density at radius 3 is 2.80 bits per heavy atom. The minimum absolute atomic E-state index is 0.153. The summed E-state index contributed by atoms with van der Waals surface area (Å²) in [6.07, 6.45) is 2.61. The summed E-state index contributed by atoms with van der Waals surface area (Å²) in [5.41, 5.74) is 1.19. The number of nitrogens with one attached hydrogen (secondary N) is 1. The molecule has 1 rings (SSSR count). The highest BCUT2D eigenvalue weighted by molar-refractivity contribution is 5.75. The molecule has 4 heteroatoms. The van der Waals surface area contributed by atoms with Gasteiger partial charge in [0, 0.05) is 0 Å². The van der Waals surface area contributed by atoms with Crippen molar-refractivity contribution < 1.29 is 14.3 Å². The summed E-state index contributed by atoms with van der Waals surface area (Å²) in [6, 6.07) is 7.77. The lowest BCUT2D eigenvalue weighted by molar-refractivity contribution is -0.145. The molecule has 0 heterocycles. The predicted molar refractivity (Wildman–Crippen MR) is 80.0 cm³/mol. The van der Waals surface area contributed by atoms with Gasteiger partial charge in [0.1, 0.15) is 11.8 Å². The molecule has 1 unspecified atom stereocenters. The molecule has 0 fully saturated rings. The average Bonchev–Trinajstić information content (AvgIpc) is 2.47. The molecule has 0 aromatic heterocycles. The molecule has 0 amide bonds. The first-order chi connectivity index (χ1) is 9.71. The van der Waals surface area contributed by atoms with Crippen LogP contribution in [-0.4, -0.2) is 32.3 Å². The number of carbonyl (C=O) groups is 1. The van der Waals surface area contributed by atoms with Gasteiger partial charge in [0.25, 0.3) is 0 Å². The number of ether oxygens (including phenoxy) is 2. The number of methoxy groups -OCH3 is 1. The van der Waals surface area contributed by atoms with E-state index < -0.39 is 0 Å². The molecule has 0 aliphatic rings. The van der Waals surface area contributed by atoms with Gasteiger partial charge in [0.05, 0.1) is 13.7 Å². The summed E-state index contributed by atoms with van der Waals surface area (Å²) in [7, 11) is 1.66. The van der Waals surface area contributed by atoms with Crippen molar-refractivity contribution in [3.05, 3.63) is 29.8 Å². The zero-order valence-corrected chi connectivity index (χ0v) is 12.6. The highest BCUT2D eigenvalue weighted by Gasteiger charge is 2.17. The minimum atomic E-state index is -0.203. The first-order valence-corrected chi connectivity index (χ1v) is 7.24. The second kappa shape index (κ2) is 9.37. The van der Waals surface area contributed by atoms with E-state index in [0.717, 1.165) is 31.6 Å². The average molecular weight is 279 g/mol. The predicted octanol–water partition coefficient (Wildman–Crippen LogP) is 2.56. The van der Waals surface area contributed by atoms with Crippen LogP contribution in [0.3, 0.4) is 0 Å². The van der Waals surface area contributed by atoms with Gasteiger partial charge in [-0.15, -0.1) is 0 Å². The third-order valence-electron chi connectivity index (χ3n) is 3.09. The van der Waals surface area contributed by atoms with Gasteiger partial charge in [0.15, 0.2) is 0 Å². The Balaban J connectivity index is 2.44. The van der Waals surface area contributed by atoms with Gasteiger partial charge in [0.2, 0.25) is 0 Å². The first-order valence-electron chi connectivity index (χ1n) is 7.24. The maximum absolute atomic E-state index is 11.8. The summed E-state index contributed by atoms with van der Waals surface area (Å²) < 4.78 is 10.3. The van der Waals surface area contributed by atoms with Gasteiger partial charge in [-0.3, -0.25) is 4.79 Å². The number of esters is 1. The van der Waals surface area contributed by atoms with Crippen LogP contribution >= 0.6 is 0 Å². The summed E-state index contributed by atoms with van der Waals surface area (Å²) in [6.45, 7) is 5.07. The standard InChI is InChI=1S/C16H25NO3/c1-4-7-15(16(18)20-5-2)17-11-10-13-8-6-9-14(12-13)19-3/h6,8-9,12,15,17H,4-5,7,10-11H2,1-3H3. The fourth-order valence-corrected chi connectivity index (χ4v) is 2.05. The van der Waals surface area contributed by atoms with E-state index in [4.69, 9.17) is 9.47 Å². The van der Waals surface area contributed by atoms with Crippen molar-refractivity contribution in [2.75, 3.05) is 20.3 Å². The van der Waals surface area contributed by atoms with Crippen molar-refractivity contribution in [2.45, 2.75) is 39.2 Å². The third-order valence-corrected chi connectivity index (χ3v) is 3.09. The topological polar surface area (TPSA) is 47.6 Å². The van der Waals surface area contributed by atoms with Gasteiger partial charge < -0.3 is 14.8 Å². The zero-order valence-electron chi connectivity index (χ0n) is 12.6. The van der Waals surface area contributed by atoms with Crippen LogP contribution in [0.25, 0.3) is 0 Å². The minimum Gasteiger partial charge on any atom is -0.497 e. The Morgan fingerprint density at radius 1 is 1.35 bits per heavy atom. The second-order valence-electron chi connectivity index (χ2n) is 4.65. The van der Waals surface area contributed by atoms with E-state index in [1.54, 1.807) is 7.11 Å². The quantitative estimate of drug-likeness (QED) is 0.706. The number of hydrogen-bond acceptors (Lipinski definition) is 4. The highest BCUT2D eigenvalue weighted by Crippen LogP contribution is 2.12. The molecule has 0 aliphatic heterocycles. The Morgan fingerprint density at radius 2 is 2.15 bits per heavy atom. The molecular weight excluding hydrogens is 254 g/mol. The van der Waals surface area contributed by atoms with Gasteiger partial charge >= 0.3 is 5.97 Å². The maximum Gasteiger partial charge on any atom is 0.323 e. The molecule has 0 saturated heterocycles. The zero-order chi connectivity index (χ0) is 14.8. The van der Waals surface area contributed by atoms with E-state index in [1.807, 2.05) is 25.1 Å². The van der Waals surface area contributed by atoms with Gasteiger partial charge in [-0.1, -0.05) is 25.5 Å². The van der Waals surface area contributed by atoms with Crippen LogP contribution in [0.4, 0.5) is 0 Å². The second-order valence-corrected chi connectivity index (χ2v) is 4.65. The molecule has 112 valence electrons. The lowest BCUT2D eigenvalue weighted by Gasteiger charge is -2.16. The van der Waals surface area contributed by atoms with Crippen LogP contribution in [0.1, 0.15) is 32.3 Å². The largest absolute Gasteiger partial charge is 0.497 e. The van der Waals surface area contributed by atoms with Gasteiger partial charge in [-0.05, 0) is 44.0 Å². The summed E-state index contributed by atoms with van der Waals surface area (Å²) >= 11 is 0. The van der Waals surface area contributed by atoms with Crippen molar-refractivity contribution in [1.82, 2.24) is 5.32 Å². The van der Waals surface area contributed by atoms with Crippen molar-refractivity contribution in [3.63, 3.8) is 0 Å². The monoisotopic (exact) mass is 279 g/mol. The van der Waals surface area contributed by atoms with Gasteiger partial charge in [-0.25, -0.2) is 0 Å². The molecule has 1 atom stereocenters. The summed E-state index contributed by atoms with van der Waals surface area (Å²) in [5.74, 6) is 0.706. The third kappa shape index (κ3) is 5.61. The molecule has 0 saturated carbocycles. The molecule has 20 heavy (non-hydrogen) atoms. The molecule has 0 bridgehead atoms. The first kappa shape index (κ1) is 16.5. The molecule has 1 N–H and O–H groups in total. The van der Waals surface area contributed by atoms with E-state index >= 15 is 0 Å². The number of carbonyl (C=O) groups excluding carboxylic acids is 1. The number of benzene rings is 1. The van der Waals surface area contributed by atoms with E-state index in [0.29, 0.717) is 6.61 Å². The number of rotatable bonds is 9. The summed E-state index contributed by atoms with van der Waals surface area (Å²) in [4.78, 5) is 11.8. The van der Waals surface area contributed by atoms with Crippen LogP contribution in [0.5, 0.6) is 5.75 Å². The highest BCUT2D eigenvalue weighted by atomic mass is 16.5. The smallest absolute Gasteiger partial charge is 0.323 e. The van der Waals surface area contributed by atoms with Crippen molar-refractivity contribution >= 4 is 5.97 Å². The molecule has 1 aromatic carbocycles.